The van der Waals surface area contributed by atoms with Crippen LogP contribution >= 0.6 is 0 Å². The van der Waals surface area contributed by atoms with Crippen molar-refractivity contribution >= 4 is 5.69 Å². The number of nitrogens with zero attached hydrogens (tertiary/aromatic N) is 1. The Morgan fingerprint density at radius 2 is 2.08 bits per heavy atom. The largest absolute Gasteiger partial charge is 0.272 e. The predicted molar refractivity (Wildman–Crippen MR) is 42.8 cm³/mol. The quantitative estimate of drug-likeness (QED) is 0.513. The molecule has 12 heavy (non-hydrogen) atoms. The van der Waals surface area contributed by atoms with Crippen LogP contribution < -0.4 is 0 Å². The molecule has 0 unspecified atom stereocenters. The van der Waals surface area contributed by atoms with E-state index in [4.69, 9.17) is 0 Å². The zero-order valence-electron chi connectivity index (χ0n) is 6.37. The Kier molecular flexibility index (Phi) is 2.74. The van der Waals surface area contributed by atoms with Crippen LogP contribution in [-0.2, 0) is 6.42 Å². The third-order valence-electron chi connectivity index (χ3n) is 1.55. The van der Waals surface area contributed by atoms with E-state index in [1.165, 1.54) is 6.07 Å². The highest BCUT2D eigenvalue weighted by Gasteiger charge is 2.10. The first-order valence-electron chi connectivity index (χ1n) is 3.54. The topological polar surface area (TPSA) is 43.1 Å². The van der Waals surface area contributed by atoms with E-state index in [1.807, 2.05) is 0 Å². The van der Waals surface area contributed by atoms with Crippen molar-refractivity contribution in [3.63, 3.8) is 0 Å². The molecule has 0 saturated carbocycles. The van der Waals surface area contributed by atoms with Crippen LogP contribution in [0.3, 0.4) is 0 Å². The van der Waals surface area contributed by atoms with Crippen LogP contribution in [-0.4, -0.2) is 11.6 Å². The van der Waals surface area contributed by atoms with Gasteiger partial charge in [0.1, 0.15) is 0 Å². The SMILES string of the molecule is O=[N+]([O-])c1ccccc1CCF. The zero-order chi connectivity index (χ0) is 8.97. The van der Waals surface area contributed by atoms with Crippen molar-refractivity contribution in [1.82, 2.24) is 0 Å². The number of aryl methyl sites for hydroxylation is 1. The summed E-state index contributed by atoms with van der Waals surface area (Å²) in [5.74, 6) is 0. The van der Waals surface area contributed by atoms with Crippen molar-refractivity contribution in [3.05, 3.63) is 39.9 Å². The molecule has 0 amide bonds. The fraction of sp³-hybridized carbons (Fsp3) is 0.250. The summed E-state index contributed by atoms with van der Waals surface area (Å²) in [5, 5.41) is 10.4. The molecule has 3 nitrogen and oxygen atoms in total. The van der Waals surface area contributed by atoms with Gasteiger partial charge >= 0.3 is 0 Å². The third kappa shape index (κ3) is 1.78. The van der Waals surface area contributed by atoms with Crippen molar-refractivity contribution in [2.75, 3.05) is 6.67 Å². The van der Waals surface area contributed by atoms with Crippen LogP contribution in [0.5, 0.6) is 0 Å². The number of nitro groups is 1. The molecule has 4 heteroatoms. The summed E-state index contributed by atoms with van der Waals surface area (Å²) in [5.41, 5.74) is 0.445. The Bertz CT molecular complexity index is 288. The van der Waals surface area contributed by atoms with Gasteiger partial charge in [-0.15, -0.1) is 0 Å². The smallest absolute Gasteiger partial charge is 0.258 e. The molecule has 1 aromatic rings. The highest BCUT2D eigenvalue weighted by atomic mass is 19.1. The number of para-hydroxylation sites is 1. The lowest BCUT2D eigenvalue weighted by Crippen LogP contribution is -1.95. The van der Waals surface area contributed by atoms with Crippen molar-refractivity contribution in [2.45, 2.75) is 6.42 Å². The van der Waals surface area contributed by atoms with E-state index in [0.29, 0.717) is 5.56 Å². The van der Waals surface area contributed by atoms with Gasteiger partial charge in [0, 0.05) is 18.1 Å². The highest BCUT2D eigenvalue weighted by molar-refractivity contribution is 5.39. The molecule has 0 aliphatic rings. The summed E-state index contributed by atoms with van der Waals surface area (Å²) in [7, 11) is 0. The maximum absolute atomic E-state index is 11.9. The predicted octanol–water partition coefficient (Wildman–Crippen LogP) is 2.11. The number of nitro benzene ring substituents is 1. The van der Waals surface area contributed by atoms with E-state index < -0.39 is 11.6 Å². The number of hydrogen-bond donors (Lipinski definition) is 0. The molecule has 0 aromatic heterocycles. The molecule has 0 N–H and O–H groups in total. The maximum atomic E-state index is 11.9. The van der Waals surface area contributed by atoms with Crippen LogP contribution in [0.4, 0.5) is 10.1 Å². The normalized spacial score (nSPS) is 9.75. The lowest BCUT2D eigenvalue weighted by Gasteiger charge is -1.97. The van der Waals surface area contributed by atoms with E-state index in [1.54, 1.807) is 18.2 Å². The number of benzene rings is 1. The molecule has 0 bridgehead atoms. The van der Waals surface area contributed by atoms with Crippen LogP contribution in [0.25, 0.3) is 0 Å². The van der Waals surface area contributed by atoms with Gasteiger partial charge in [0.05, 0.1) is 11.6 Å². The number of rotatable bonds is 3. The first-order valence-corrected chi connectivity index (χ1v) is 3.54. The Hall–Kier alpha value is -1.45. The van der Waals surface area contributed by atoms with Gasteiger partial charge in [-0.2, -0.15) is 0 Å². The minimum absolute atomic E-state index is 0.00449. The van der Waals surface area contributed by atoms with Gasteiger partial charge in [0.15, 0.2) is 0 Å². The average Bonchev–Trinajstić information content (AvgIpc) is 2.05. The van der Waals surface area contributed by atoms with Gasteiger partial charge in [-0.3, -0.25) is 14.5 Å². The highest BCUT2D eigenvalue weighted by Crippen LogP contribution is 2.17. The first-order chi connectivity index (χ1) is 5.75. The lowest BCUT2D eigenvalue weighted by atomic mass is 10.1. The zero-order valence-corrected chi connectivity index (χ0v) is 6.37. The molecule has 1 aromatic carbocycles. The van der Waals surface area contributed by atoms with Gasteiger partial charge in [0.2, 0.25) is 0 Å². The summed E-state index contributed by atoms with van der Waals surface area (Å²) in [6.07, 6.45) is 0.108. The Morgan fingerprint density at radius 3 is 2.67 bits per heavy atom. The monoisotopic (exact) mass is 169 g/mol. The fourth-order valence-corrected chi connectivity index (χ4v) is 1.00. The van der Waals surface area contributed by atoms with Gasteiger partial charge in [-0.1, -0.05) is 18.2 Å². The summed E-state index contributed by atoms with van der Waals surface area (Å²) in [4.78, 5) is 9.88. The fourth-order valence-electron chi connectivity index (χ4n) is 1.00. The van der Waals surface area contributed by atoms with E-state index >= 15 is 0 Å². The van der Waals surface area contributed by atoms with Crippen molar-refractivity contribution < 1.29 is 9.31 Å². The summed E-state index contributed by atoms with van der Waals surface area (Å²) in [6.45, 7) is -0.565. The van der Waals surface area contributed by atoms with E-state index in [2.05, 4.69) is 0 Å². The van der Waals surface area contributed by atoms with Gasteiger partial charge in [0.25, 0.3) is 5.69 Å². The van der Waals surface area contributed by atoms with Crippen molar-refractivity contribution in [2.24, 2.45) is 0 Å². The standard InChI is InChI=1S/C8H8FNO2/c9-6-5-7-3-1-2-4-8(7)10(11)12/h1-4H,5-6H2. The molecule has 0 aliphatic heterocycles. The minimum atomic E-state index is -0.565. The molecule has 1 rings (SSSR count). The number of hydrogen-bond acceptors (Lipinski definition) is 2. The molecular formula is C8H8FNO2. The van der Waals surface area contributed by atoms with E-state index in [-0.39, 0.29) is 12.1 Å². The summed E-state index contributed by atoms with van der Waals surface area (Å²) < 4.78 is 11.9. The summed E-state index contributed by atoms with van der Waals surface area (Å²) in [6, 6.07) is 6.18. The van der Waals surface area contributed by atoms with E-state index in [0.717, 1.165) is 0 Å². The molecule has 0 fully saturated rings. The Morgan fingerprint density at radius 1 is 1.42 bits per heavy atom. The number of alkyl halides is 1. The third-order valence-corrected chi connectivity index (χ3v) is 1.55. The van der Waals surface area contributed by atoms with Gasteiger partial charge in [-0.25, -0.2) is 0 Å². The van der Waals surface area contributed by atoms with Crippen LogP contribution in [0, 0.1) is 10.1 Å². The molecule has 0 aliphatic carbocycles. The van der Waals surface area contributed by atoms with Gasteiger partial charge < -0.3 is 0 Å². The van der Waals surface area contributed by atoms with Crippen molar-refractivity contribution in [3.8, 4) is 0 Å². The van der Waals surface area contributed by atoms with Crippen LogP contribution in [0.15, 0.2) is 24.3 Å². The maximum Gasteiger partial charge on any atom is 0.272 e. The molecule has 0 spiro atoms. The second-order valence-electron chi connectivity index (χ2n) is 2.32. The van der Waals surface area contributed by atoms with E-state index in [9.17, 15) is 14.5 Å². The number of halogens is 1. The Balaban J connectivity index is 3.00. The average molecular weight is 169 g/mol. The first kappa shape index (κ1) is 8.64. The molecule has 0 atom stereocenters. The lowest BCUT2D eigenvalue weighted by molar-refractivity contribution is -0.385. The summed E-state index contributed by atoms with van der Waals surface area (Å²) >= 11 is 0. The molecule has 64 valence electrons. The molecule has 0 radical (unpaired) electrons. The second kappa shape index (κ2) is 3.80. The van der Waals surface area contributed by atoms with Crippen LogP contribution in [0.1, 0.15) is 5.56 Å². The minimum Gasteiger partial charge on any atom is -0.258 e. The molecular weight excluding hydrogens is 161 g/mol. The van der Waals surface area contributed by atoms with Crippen molar-refractivity contribution in [1.29, 1.82) is 0 Å². The second-order valence-corrected chi connectivity index (χ2v) is 2.32. The Labute approximate surface area is 69.0 Å². The van der Waals surface area contributed by atoms with Crippen LogP contribution in [0.2, 0.25) is 0 Å². The van der Waals surface area contributed by atoms with Gasteiger partial charge in [-0.05, 0) is 0 Å². The molecule has 0 saturated heterocycles. The molecule has 0 heterocycles.